The molecule has 2 fully saturated rings. The van der Waals surface area contributed by atoms with Crippen molar-refractivity contribution in [3.05, 3.63) is 36.4 Å². The lowest BCUT2D eigenvalue weighted by atomic mass is 10.2. The molecule has 0 bridgehead atoms. The Balaban J connectivity index is 1.37. The van der Waals surface area contributed by atoms with Gasteiger partial charge in [0.1, 0.15) is 5.82 Å². The van der Waals surface area contributed by atoms with Crippen molar-refractivity contribution >= 4 is 34.8 Å². The van der Waals surface area contributed by atoms with Crippen molar-refractivity contribution in [2.45, 2.75) is 18.9 Å². The van der Waals surface area contributed by atoms with Gasteiger partial charge in [-0.15, -0.1) is 0 Å². The van der Waals surface area contributed by atoms with Gasteiger partial charge in [0, 0.05) is 51.1 Å². The van der Waals surface area contributed by atoms with Gasteiger partial charge in [0.2, 0.25) is 11.8 Å². The number of benzene rings is 1. The number of anilines is 3. The van der Waals surface area contributed by atoms with Gasteiger partial charge in [-0.25, -0.2) is 0 Å². The molecule has 3 heterocycles. The first-order valence-corrected chi connectivity index (χ1v) is 10.8. The highest BCUT2D eigenvalue weighted by Gasteiger charge is 2.20. The Kier molecular flexibility index (Phi) is 6.81. The monoisotopic (exact) mass is 428 g/mol. The Bertz CT molecular complexity index is 839. The Morgan fingerprint density at radius 2 is 1.93 bits per heavy atom. The first-order valence-electron chi connectivity index (χ1n) is 10.4. The fraction of sp³-hybridized carbons (Fsp3) is 0.476. The van der Waals surface area contributed by atoms with Crippen molar-refractivity contribution in [1.82, 2.24) is 15.3 Å². The Hall–Kier alpha value is -2.65. The summed E-state index contributed by atoms with van der Waals surface area (Å²) in [5.74, 6) is 1.77. The van der Waals surface area contributed by atoms with Gasteiger partial charge < -0.3 is 29.9 Å². The number of hydrogen-bond donors (Lipinski definition) is 2. The Morgan fingerprint density at radius 1 is 1.17 bits per heavy atom. The fourth-order valence-corrected chi connectivity index (χ4v) is 3.90. The second kappa shape index (κ2) is 9.90. The number of nitrogens with one attached hydrogen (secondary N) is 2. The smallest absolute Gasteiger partial charge is 0.234 e. The minimum Gasteiger partial charge on any atom is -0.481 e. The maximum Gasteiger partial charge on any atom is 0.234 e. The van der Waals surface area contributed by atoms with E-state index in [1.165, 1.54) is 5.69 Å². The van der Waals surface area contributed by atoms with Crippen molar-refractivity contribution in [1.29, 1.82) is 0 Å². The summed E-state index contributed by atoms with van der Waals surface area (Å²) in [7, 11) is 1.61. The third-order valence-corrected chi connectivity index (χ3v) is 5.61. The van der Waals surface area contributed by atoms with Crippen molar-refractivity contribution in [3.8, 4) is 5.88 Å². The van der Waals surface area contributed by atoms with E-state index in [1.807, 2.05) is 12.1 Å². The van der Waals surface area contributed by atoms with Crippen LogP contribution in [-0.2, 0) is 4.74 Å². The van der Waals surface area contributed by atoms with Crippen LogP contribution >= 0.6 is 12.2 Å². The molecular weight excluding hydrogens is 400 g/mol. The minimum atomic E-state index is 0.215. The van der Waals surface area contributed by atoms with Crippen LogP contribution in [0.3, 0.4) is 0 Å². The predicted molar refractivity (Wildman–Crippen MR) is 123 cm³/mol. The lowest BCUT2D eigenvalue weighted by Gasteiger charge is -2.36. The van der Waals surface area contributed by atoms with Gasteiger partial charge in [-0.3, -0.25) is 0 Å². The molecule has 4 rings (SSSR count). The summed E-state index contributed by atoms with van der Waals surface area (Å²) in [5, 5.41) is 6.75. The largest absolute Gasteiger partial charge is 0.481 e. The molecule has 2 aromatic rings. The van der Waals surface area contributed by atoms with E-state index in [0.717, 1.165) is 51.4 Å². The van der Waals surface area contributed by atoms with E-state index >= 15 is 0 Å². The molecule has 0 amide bonds. The maximum absolute atomic E-state index is 5.62. The average molecular weight is 429 g/mol. The number of nitrogens with zero attached hydrogens (tertiary/aromatic N) is 4. The molecule has 8 nitrogen and oxygen atoms in total. The molecule has 1 aromatic heterocycles. The normalized spacial score (nSPS) is 18.9. The van der Waals surface area contributed by atoms with Gasteiger partial charge in [-0.2, -0.15) is 9.97 Å². The van der Waals surface area contributed by atoms with Gasteiger partial charge in [0.25, 0.3) is 0 Å². The van der Waals surface area contributed by atoms with Crippen LogP contribution in [0.2, 0.25) is 0 Å². The summed E-state index contributed by atoms with van der Waals surface area (Å²) in [6.07, 6.45) is 2.38. The van der Waals surface area contributed by atoms with Gasteiger partial charge in [0.15, 0.2) is 5.11 Å². The number of para-hydroxylation sites is 1. The Labute approximate surface area is 182 Å². The Morgan fingerprint density at radius 3 is 2.63 bits per heavy atom. The second-order valence-electron chi connectivity index (χ2n) is 7.37. The van der Waals surface area contributed by atoms with Gasteiger partial charge in [0.05, 0.1) is 13.2 Å². The standard InChI is InChI=1S/C21H28N6O2S/c1-28-19-14-18(27-11-9-26(10-12-27)16-6-3-2-4-7-16)23-20(24-19)25-21(30)22-15-17-8-5-13-29-17/h2-4,6-7,14,17H,5,8-13,15H2,1H3,(H2,22,23,24,25,30)/t17-/m1/s1. The number of piperazine rings is 1. The fourth-order valence-electron chi connectivity index (χ4n) is 3.73. The molecule has 30 heavy (non-hydrogen) atoms. The quantitative estimate of drug-likeness (QED) is 0.674. The molecule has 2 N–H and O–H groups in total. The van der Waals surface area contributed by atoms with Crippen LogP contribution in [0.1, 0.15) is 12.8 Å². The van der Waals surface area contributed by atoms with Gasteiger partial charge >= 0.3 is 0 Å². The zero-order chi connectivity index (χ0) is 20.8. The third-order valence-electron chi connectivity index (χ3n) is 5.36. The highest BCUT2D eigenvalue weighted by Crippen LogP contribution is 2.23. The summed E-state index contributed by atoms with van der Waals surface area (Å²) >= 11 is 5.40. The van der Waals surface area contributed by atoms with E-state index in [-0.39, 0.29) is 6.10 Å². The van der Waals surface area contributed by atoms with Crippen molar-refractivity contribution in [2.75, 3.05) is 61.6 Å². The second-order valence-corrected chi connectivity index (χ2v) is 7.78. The molecule has 0 aliphatic carbocycles. The predicted octanol–water partition coefficient (Wildman–Crippen LogP) is 2.28. The molecule has 0 saturated carbocycles. The van der Waals surface area contributed by atoms with E-state index in [2.05, 4.69) is 54.7 Å². The van der Waals surface area contributed by atoms with Gasteiger partial charge in [-0.05, 0) is 37.2 Å². The van der Waals surface area contributed by atoms with Crippen molar-refractivity contribution < 1.29 is 9.47 Å². The van der Waals surface area contributed by atoms with Crippen LogP contribution in [0.4, 0.5) is 17.5 Å². The van der Waals surface area contributed by atoms with E-state index in [9.17, 15) is 0 Å². The van der Waals surface area contributed by atoms with Crippen LogP contribution in [0.5, 0.6) is 5.88 Å². The van der Waals surface area contributed by atoms with Crippen LogP contribution in [-0.4, -0.2) is 67.6 Å². The molecule has 2 aliphatic rings. The number of rotatable bonds is 6. The average Bonchev–Trinajstić information content (AvgIpc) is 3.32. The topological polar surface area (TPSA) is 74.8 Å². The molecule has 1 atom stereocenters. The molecule has 1 aromatic carbocycles. The SMILES string of the molecule is COc1cc(N2CCN(c3ccccc3)CC2)nc(NC(=S)NC[C@H]2CCCO2)n1. The third kappa shape index (κ3) is 5.28. The summed E-state index contributed by atoms with van der Waals surface area (Å²) in [4.78, 5) is 13.7. The van der Waals surface area contributed by atoms with E-state index in [0.29, 0.717) is 23.5 Å². The van der Waals surface area contributed by atoms with Crippen LogP contribution in [0.25, 0.3) is 0 Å². The lowest BCUT2D eigenvalue weighted by molar-refractivity contribution is 0.114. The molecule has 160 valence electrons. The highest BCUT2D eigenvalue weighted by atomic mass is 32.1. The maximum atomic E-state index is 5.62. The number of methoxy groups -OCH3 is 1. The molecule has 9 heteroatoms. The molecule has 0 spiro atoms. The first-order chi connectivity index (χ1) is 14.7. The van der Waals surface area contributed by atoms with E-state index < -0.39 is 0 Å². The van der Waals surface area contributed by atoms with E-state index in [1.54, 1.807) is 7.11 Å². The zero-order valence-corrected chi connectivity index (χ0v) is 18.0. The summed E-state index contributed by atoms with van der Waals surface area (Å²) in [5.41, 5.74) is 1.25. The minimum absolute atomic E-state index is 0.215. The number of aromatic nitrogens is 2. The van der Waals surface area contributed by atoms with Crippen molar-refractivity contribution in [2.24, 2.45) is 0 Å². The zero-order valence-electron chi connectivity index (χ0n) is 17.2. The van der Waals surface area contributed by atoms with Crippen LogP contribution in [0, 0.1) is 0 Å². The molecule has 2 aliphatic heterocycles. The summed E-state index contributed by atoms with van der Waals surface area (Å²) in [6, 6.07) is 12.4. The number of thiocarbonyl (C=S) groups is 1. The molecule has 2 saturated heterocycles. The summed E-state index contributed by atoms with van der Waals surface area (Å²) in [6.45, 7) is 5.11. The van der Waals surface area contributed by atoms with Gasteiger partial charge in [-0.1, -0.05) is 18.2 Å². The molecule has 0 radical (unpaired) electrons. The molecule has 0 unspecified atom stereocenters. The lowest BCUT2D eigenvalue weighted by Crippen LogP contribution is -2.47. The van der Waals surface area contributed by atoms with Crippen LogP contribution < -0.4 is 25.2 Å². The first kappa shape index (κ1) is 20.6. The van der Waals surface area contributed by atoms with E-state index in [4.69, 9.17) is 21.7 Å². The number of hydrogen-bond acceptors (Lipinski definition) is 7. The van der Waals surface area contributed by atoms with Crippen molar-refractivity contribution in [3.63, 3.8) is 0 Å². The summed E-state index contributed by atoms with van der Waals surface area (Å²) < 4.78 is 11.0. The number of ether oxygens (including phenoxy) is 2. The molecular formula is C21H28N6O2S. The van der Waals surface area contributed by atoms with Crippen LogP contribution in [0.15, 0.2) is 36.4 Å². The highest BCUT2D eigenvalue weighted by molar-refractivity contribution is 7.80.